The Labute approximate surface area is 124 Å². The predicted octanol–water partition coefficient (Wildman–Crippen LogP) is 2.72. The summed E-state index contributed by atoms with van der Waals surface area (Å²) in [5, 5.41) is 3.03. The second-order valence-corrected chi connectivity index (χ2v) is 4.69. The van der Waals surface area contributed by atoms with Crippen LogP contribution >= 0.6 is 0 Å². The van der Waals surface area contributed by atoms with Gasteiger partial charge in [-0.1, -0.05) is 6.07 Å². The topological polar surface area (TPSA) is 54.5 Å². The fourth-order valence-electron chi connectivity index (χ4n) is 2.05. The van der Waals surface area contributed by atoms with Crippen molar-refractivity contribution in [2.45, 2.75) is 6.92 Å². The molecule has 0 saturated heterocycles. The minimum Gasteiger partial charge on any atom is -0.497 e. The number of nitrogens with one attached hydrogen (secondary N) is 1. The highest BCUT2D eigenvalue weighted by Crippen LogP contribution is 2.23. The van der Waals surface area contributed by atoms with E-state index in [0.717, 1.165) is 17.1 Å². The molecule has 2 rings (SSSR count). The highest BCUT2D eigenvalue weighted by Gasteiger charge is 2.17. The molecule has 1 aromatic heterocycles. The Hall–Kier alpha value is -2.56. The number of aromatic nitrogens is 1. The summed E-state index contributed by atoms with van der Waals surface area (Å²) in [5.41, 5.74) is 2.93. The van der Waals surface area contributed by atoms with Gasteiger partial charge in [-0.3, -0.25) is 9.78 Å². The van der Waals surface area contributed by atoms with E-state index in [0.29, 0.717) is 11.3 Å². The van der Waals surface area contributed by atoms with Crippen LogP contribution in [0.5, 0.6) is 5.75 Å². The molecule has 1 N–H and O–H groups in total. The van der Waals surface area contributed by atoms with Gasteiger partial charge in [-0.05, 0) is 25.1 Å². The van der Waals surface area contributed by atoms with Gasteiger partial charge < -0.3 is 15.0 Å². The van der Waals surface area contributed by atoms with Crippen LogP contribution < -0.4 is 15.0 Å². The van der Waals surface area contributed by atoms with Gasteiger partial charge in [-0.15, -0.1) is 0 Å². The number of pyridine rings is 1. The third kappa shape index (κ3) is 3.13. The smallest absolute Gasteiger partial charge is 0.261 e. The van der Waals surface area contributed by atoms with Crippen LogP contribution in [0.3, 0.4) is 0 Å². The van der Waals surface area contributed by atoms with Crippen molar-refractivity contribution in [2.75, 3.05) is 31.4 Å². The van der Waals surface area contributed by atoms with Crippen LogP contribution in [-0.4, -0.2) is 32.1 Å². The van der Waals surface area contributed by atoms with Crippen molar-refractivity contribution in [2.24, 2.45) is 0 Å². The van der Waals surface area contributed by atoms with E-state index in [1.165, 1.54) is 0 Å². The van der Waals surface area contributed by atoms with Crippen LogP contribution in [0, 0.1) is 6.92 Å². The predicted molar refractivity (Wildman–Crippen MR) is 84.2 cm³/mol. The molecule has 0 radical (unpaired) electrons. The highest BCUT2D eigenvalue weighted by atomic mass is 16.5. The van der Waals surface area contributed by atoms with Crippen molar-refractivity contribution in [3.8, 4) is 5.75 Å². The van der Waals surface area contributed by atoms with Gasteiger partial charge in [-0.25, -0.2) is 0 Å². The van der Waals surface area contributed by atoms with E-state index in [1.54, 1.807) is 32.3 Å². The van der Waals surface area contributed by atoms with Crippen molar-refractivity contribution in [1.29, 1.82) is 0 Å². The van der Waals surface area contributed by atoms with E-state index in [-0.39, 0.29) is 5.91 Å². The van der Waals surface area contributed by atoms with Gasteiger partial charge in [0.25, 0.3) is 5.91 Å². The number of hydrogen-bond acceptors (Lipinski definition) is 4. The molecule has 0 spiro atoms. The number of carbonyl (C=O) groups excluding carboxylic acids is 1. The Morgan fingerprint density at radius 2 is 2.10 bits per heavy atom. The minimum atomic E-state index is -0.125. The van der Waals surface area contributed by atoms with Gasteiger partial charge >= 0.3 is 0 Å². The lowest BCUT2D eigenvalue weighted by atomic mass is 10.1. The normalized spacial score (nSPS) is 10.1. The van der Waals surface area contributed by atoms with Crippen LogP contribution in [-0.2, 0) is 0 Å². The minimum absolute atomic E-state index is 0.125. The molecule has 2 aromatic rings. The first-order valence-corrected chi connectivity index (χ1v) is 6.63. The fourth-order valence-corrected chi connectivity index (χ4v) is 2.05. The molecule has 1 amide bonds. The molecule has 1 heterocycles. The van der Waals surface area contributed by atoms with Gasteiger partial charge in [-0.2, -0.15) is 0 Å². The maximum absolute atomic E-state index is 12.6. The standard InChI is InChI=1S/C16H19N3O2/c1-11-8-15(17-2)14(10-18-11)16(20)19(3)12-6-5-7-13(9-12)21-4/h5-10H,1-4H3,(H,17,18). The molecule has 110 valence electrons. The summed E-state index contributed by atoms with van der Waals surface area (Å²) in [6.45, 7) is 1.89. The van der Waals surface area contributed by atoms with Crippen LogP contribution in [0.4, 0.5) is 11.4 Å². The van der Waals surface area contributed by atoms with Crippen molar-refractivity contribution < 1.29 is 9.53 Å². The first-order chi connectivity index (χ1) is 10.1. The molecular weight excluding hydrogens is 266 g/mol. The number of methoxy groups -OCH3 is 1. The molecule has 5 heteroatoms. The summed E-state index contributed by atoms with van der Waals surface area (Å²) in [7, 11) is 5.12. The van der Waals surface area contributed by atoms with E-state index in [9.17, 15) is 4.79 Å². The van der Waals surface area contributed by atoms with Gasteiger partial charge in [0.1, 0.15) is 5.75 Å². The summed E-state index contributed by atoms with van der Waals surface area (Å²) in [6, 6.07) is 9.23. The number of anilines is 2. The SMILES string of the molecule is CNc1cc(C)ncc1C(=O)N(C)c1cccc(OC)c1. The highest BCUT2D eigenvalue weighted by molar-refractivity contribution is 6.09. The molecule has 5 nitrogen and oxygen atoms in total. The molecule has 1 aromatic carbocycles. The molecule has 0 bridgehead atoms. The molecule has 0 saturated carbocycles. The van der Waals surface area contributed by atoms with Gasteiger partial charge in [0, 0.05) is 37.7 Å². The lowest BCUT2D eigenvalue weighted by Crippen LogP contribution is -2.27. The number of benzene rings is 1. The van der Waals surface area contributed by atoms with Gasteiger partial charge in [0.05, 0.1) is 18.4 Å². The Balaban J connectivity index is 2.34. The maximum Gasteiger partial charge on any atom is 0.261 e. The van der Waals surface area contributed by atoms with Crippen LogP contribution in [0.1, 0.15) is 16.1 Å². The van der Waals surface area contributed by atoms with Crippen molar-refractivity contribution in [3.05, 3.63) is 47.8 Å². The van der Waals surface area contributed by atoms with Crippen molar-refractivity contribution >= 4 is 17.3 Å². The summed E-state index contributed by atoms with van der Waals surface area (Å²) in [5.74, 6) is 0.586. The number of nitrogens with zero attached hydrogens (tertiary/aromatic N) is 2. The molecule has 21 heavy (non-hydrogen) atoms. The molecule has 0 aliphatic carbocycles. The summed E-state index contributed by atoms with van der Waals surface area (Å²) in [4.78, 5) is 18.4. The van der Waals surface area contributed by atoms with Crippen LogP contribution in [0.25, 0.3) is 0 Å². The number of ether oxygens (including phenoxy) is 1. The van der Waals surface area contributed by atoms with Crippen molar-refractivity contribution in [1.82, 2.24) is 4.98 Å². The molecule has 0 unspecified atom stereocenters. The Morgan fingerprint density at radius 3 is 2.76 bits per heavy atom. The van der Waals surface area contributed by atoms with Gasteiger partial charge in [0.2, 0.25) is 0 Å². The zero-order chi connectivity index (χ0) is 15.4. The van der Waals surface area contributed by atoms with E-state index < -0.39 is 0 Å². The average Bonchev–Trinajstić information content (AvgIpc) is 2.53. The van der Waals surface area contributed by atoms with Crippen molar-refractivity contribution in [3.63, 3.8) is 0 Å². The largest absolute Gasteiger partial charge is 0.497 e. The van der Waals surface area contributed by atoms with Crippen LogP contribution in [0.2, 0.25) is 0 Å². The number of rotatable bonds is 4. The second kappa shape index (κ2) is 6.26. The third-order valence-electron chi connectivity index (χ3n) is 3.29. The monoisotopic (exact) mass is 285 g/mol. The van der Waals surface area contributed by atoms with E-state index in [1.807, 2.05) is 37.3 Å². The molecule has 0 aliphatic rings. The van der Waals surface area contributed by atoms with E-state index >= 15 is 0 Å². The number of amides is 1. The molecule has 0 aliphatic heterocycles. The second-order valence-electron chi connectivity index (χ2n) is 4.69. The number of hydrogen-bond donors (Lipinski definition) is 1. The lowest BCUT2D eigenvalue weighted by Gasteiger charge is -2.19. The Kier molecular flexibility index (Phi) is 4.42. The quantitative estimate of drug-likeness (QED) is 0.938. The average molecular weight is 285 g/mol. The number of aryl methyl sites for hydroxylation is 1. The fraction of sp³-hybridized carbons (Fsp3) is 0.250. The first kappa shape index (κ1) is 14.8. The van der Waals surface area contributed by atoms with E-state index in [4.69, 9.17) is 4.74 Å². The van der Waals surface area contributed by atoms with E-state index in [2.05, 4.69) is 10.3 Å². The summed E-state index contributed by atoms with van der Waals surface area (Å²) in [6.07, 6.45) is 1.60. The zero-order valence-corrected chi connectivity index (χ0v) is 12.7. The van der Waals surface area contributed by atoms with Gasteiger partial charge in [0.15, 0.2) is 0 Å². The lowest BCUT2D eigenvalue weighted by molar-refractivity contribution is 0.0993. The molecule has 0 fully saturated rings. The zero-order valence-electron chi connectivity index (χ0n) is 12.7. The maximum atomic E-state index is 12.6. The molecule has 0 atom stereocenters. The third-order valence-corrected chi connectivity index (χ3v) is 3.29. The Morgan fingerprint density at radius 1 is 1.33 bits per heavy atom. The summed E-state index contributed by atoms with van der Waals surface area (Å²) >= 11 is 0. The Bertz CT molecular complexity index is 656. The number of carbonyl (C=O) groups is 1. The van der Waals surface area contributed by atoms with Crippen LogP contribution in [0.15, 0.2) is 36.5 Å². The summed E-state index contributed by atoms with van der Waals surface area (Å²) < 4.78 is 5.19. The molecular formula is C16H19N3O2. The first-order valence-electron chi connectivity index (χ1n) is 6.63.